The van der Waals surface area contributed by atoms with Crippen LogP contribution < -0.4 is 15.8 Å². The van der Waals surface area contributed by atoms with E-state index < -0.39 is 0 Å². The zero-order valence-corrected chi connectivity index (χ0v) is 21.1. The van der Waals surface area contributed by atoms with E-state index in [0.717, 1.165) is 63.8 Å². The maximum atomic E-state index is 12.9. The van der Waals surface area contributed by atoms with Gasteiger partial charge >= 0.3 is 5.97 Å². The van der Waals surface area contributed by atoms with Gasteiger partial charge in [-0.1, -0.05) is 56.7 Å². The molecule has 2 heterocycles. The molecule has 1 aromatic carbocycles. The predicted octanol–water partition coefficient (Wildman–Crippen LogP) is 5.27. The molecule has 35 heavy (non-hydrogen) atoms. The maximum absolute atomic E-state index is 12.9. The number of aryl methyl sites for hydroxylation is 1. The number of allylic oxidation sites excluding steroid dienone is 3. The molecule has 0 amide bonds. The summed E-state index contributed by atoms with van der Waals surface area (Å²) in [5.41, 5.74) is 5.71. The van der Waals surface area contributed by atoms with Gasteiger partial charge in [-0.15, -0.1) is 0 Å². The number of carbonyl (C=O) groups excluding carboxylic acids is 1. The third kappa shape index (κ3) is 6.19. The molecule has 182 valence electrons. The number of esters is 1. The van der Waals surface area contributed by atoms with Crippen LogP contribution in [0.3, 0.4) is 0 Å². The van der Waals surface area contributed by atoms with Crippen LogP contribution in [0.5, 0.6) is 0 Å². The van der Waals surface area contributed by atoms with E-state index in [-0.39, 0.29) is 5.97 Å². The van der Waals surface area contributed by atoms with Crippen LogP contribution in [0.4, 0.5) is 0 Å². The molecule has 1 aliphatic carbocycles. The number of carbonyl (C=O) groups is 1. The molecule has 1 aliphatic heterocycles. The number of rotatable bonds is 6. The zero-order chi connectivity index (χ0) is 24.8. The standard InChI is InChI=1S/C31H36N2O2/c1-5-25(31(34)35-20-24-14-11-21(2)12-15-24)18-27-19-26(16-13-22(27)3)28-9-7-17-32-30(28)29-10-6-8-23(4)33-29/h5-8,10,13,16-19,21,24,32H,3,9,11-12,14-15,20H2,1-2,4H3/b25-5+,27-18-. The number of nitrogens with zero attached hydrogens (tertiary/aromatic N) is 1. The fraction of sp³-hybridized carbons (Fsp3) is 0.355. The van der Waals surface area contributed by atoms with Crippen molar-refractivity contribution in [3.8, 4) is 0 Å². The van der Waals surface area contributed by atoms with Gasteiger partial charge in [-0.2, -0.15) is 0 Å². The van der Waals surface area contributed by atoms with E-state index in [2.05, 4.69) is 37.0 Å². The van der Waals surface area contributed by atoms with Gasteiger partial charge in [0, 0.05) is 5.69 Å². The first-order valence-corrected chi connectivity index (χ1v) is 12.7. The van der Waals surface area contributed by atoms with Crippen LogP contribution in [0.1, 0.15) is 62.9 Å². The molecule has 4 nitrogen and oxygen atoms in total. The first kappa shape index (κ1) is 24.7. The van der Waals surface area contributed by atoms with Crippen molar-refractivity contribution >= 4 is 29.9 Å². The summed E-state index contributed by atoms with van der Waals surface area (Å²) in [5, 5.41) is 5.18. The highest BCUT2D eigenvalue weighted by atomic mass is 16.5. The highest BCUT2D eigenvalue weighted by molar-refractivity contribution is 5.97. The van der Waals surface area contributed by atoms with Gasteiger partial charge in [0.05, 0.1) is 23.6 Å². The minimum atomic E-state index is -0.262. The smallest absolute Gasteiger partial charge is 0.337 e. The van der Waals surface area contributed by atoms with Crippen LogP contribution in [0, 0.1) is 18.8 Å². The average molecular weight is 469 g/mol. The fourth-order valence-electron chi connectivity index (χ4n) is 4.80. The number of pyridine rings is 1. The lowest BCUT2D eigenvalue weighted by Gasteiger charge is -2.25. The molecule has 1 aromatic heterocycles. The summed E-state index contributed by atoms with van der Waals surface area (Å²) < 4.78 is 5.72. The number of hydrogen-bond acceptors (Lipinski definition) is 4. The minimum absolute atomic E-state index is 0.262. The van der Waals surface area contributed by atoms with Gasteiger partial charge in [-0.25, -0.2) is 4.79 Å². The summed E-state index contributed by atoms with van der Waals surface area (Å²) in [7, 11) is 0. The second kappa shape index (κ2) is 11.4. The van der Waals surface area contributed by atoms with Gasteiger partial charge in [0.1, 0.15) is 0 Å². The van der Waals surface area contributed by atoms with E-state index in [1.54, 1.807) is 0 Å². The number of aromatic nitrogens is 1. The third-order valence-electron chi connectivity index (χ3n) is 7.05. The topological polar surface area (TPSA) is 51.2 Å². The summed E-state index contributed by atoms with van der Waals surface area (Å²) in [4.78, 5) is 17.6. The average Bonchev–Trinajstić information content (AvgIpc) is 2.87. The summed E-state index contributed by atoms with van der Waals surface area (Å²) >= 11 is 0. The normalized spacial score (nSPS) is 21.1. The van der Waals surface area contributed by atoms with E-state index in [0.29, 0.717) is 18.1 Å². The quantitative estimate of drug-likeness (QED) is 0.463. The lowest BCUT2D eigenvalue weighted by molar-refractivity contribution is -0.140. The summed E-state index contributed by atoms with van der Waals surface area (Å²) in [6, 6.07) is 12.3. The highest BCUT2D eigenvalue weighted by Gasteiger charge is 2.20. The van der Waals surface area contributed by atoms with Gasteiger partial charge in [0.25, 0.3) is 0 Å². The van der Waals surface area contributed by atoms with E-state index in [9.17, 15) is 4.79 Å². The number of dihydropyridines is 1. The number of benzene rings is 1. The first-order chi connectivity index (χ1) is 16.9. The number of ether oxygens (including phenoxy) is 1. The van der Waals surface area contributed by atoms with Crippen molar-refractivity contribution < 1.29 is 9.53 Å². The van der Waals surface area contributed by atoms with Gasteiger partial charge in [-0.3, -0.25) is 4.98 Å². The summed E-state index contributed by atoms with van der Waals surface area (Å²) in [5.74, 6) is 1.01. The van der Waals surface area contributed by atoms with Crippen LogP contribution in [-0.2, 0) is 9.53 Å². The predicted molar refractivity (Wildman–Crippen MR) is 144 cm³/mol. The van der Waals surface area contributed by atoms with Gasteiger partial charge in [-0.05, 0) is 97.0 Å². The Morgan fingerprint density at radius 3 is 2.74 bits per heavy atom. The second-order valence-corrected chi connectivity index (χ2v) is 9.79. The molecule has 0 spiro atoms. The van der Waals surface area contributed by atoms with E-state index in [4.69, 9.17) is 9.72 Å². The Kier molecular flexibility index (Phi) is 8.02. The van der Waals surface area contributed by atoms with Gasteiger partial charge in [0.2, 0.25) is 0 Å². The number of nitrogens with one attached hydrogen (secondary N) is 1. The molecule has 4 rings (SSSR count). The van der Waals surface area contributed by atoms with Crippen molar-refractivity contribution in [3.05, 3.63) is 87.7 Å². The molecule has 1 saturated carbocycles. The lowest BCUT2D eigenvalue weighted by Crippen LogP contribution is -2.25. The molecule has 1 N–H and O–H groups in total. The van der Waals surface area contributed by atoms with Crippen molar-refractivity contribution in [2.75, 3.05) is 6.61 Å². The van der Waals surface area contributed by atoms with Crippen molar-refractivity contribution in [1.29, 1.82) is 0 Å². The van der Waals surface area contributed by atoms with E-state index >= 15 is 0 Å². The first-order valence-electron chi connectivity index (χ1n) is 12.7. The van der Waals surface area contributed by atoms with Crippen LogP contribution in [0.15, 0.2) is 60.3 Å². The van der Waals surface area contributed by atoms with Crippen LogP contribution in [-0.4, -0.2) is 17.6 Å². The van der Waals surface area contributed by atoms with Crippen molar-refractivity contribution in [2.24, 2.45) is 11.8 Å². The SMILES string of the molecule is C=c1ccc(C2=C(c3cccc(C)n3)NC=CC2)c/c1=C/C(=C\C)C(=O)OCC1CCC(C)CC1. The maximum Gasteiger partial charge on any atom is 0.337 e. The molecule has 0 unspecified atom stereocenters. The van der Waals surface area contributed by atoms with Crippen LogP contribution in [0.2, 0.25) is 0 Å². The van der Waals surface area contributed by atoms with Gasteiger partial charge < -0.3 is 10.1 Å². The molecule has 0 bridgehead atoms. The Hall–Kier alpha value is -3.40. The molecule has 0 atom stereocenters. The molecule has 1 fully saturated rings. The van der Waals surface area contributed by atoms with Gasteiger partial charge in [0.15, 0.2) is 0 Å². The Morgan fingerprint density at radius 1 is 1.20 bits per heavy atom. The third-order valence-corrected chi connectivity index (χ3v) is 7.05. The Morgan fingerprint density at radius 2 is 2.00 bits per heavy atom. The minimum Gasteiger partial charge on any atom is -0.462 e. The summed E-state index contributed by atoms with van der Waals surface area (Å²) in [6.45, 7) is 10.9. The highest BCUT2D eigenvalue weighted by Crippen LogP contribution is 2.29. The van der Waals surface area contributed by atoms with Crippen molar-refractivity contribution in [2.45, 2.75) is 52.9 Å². The number of hydrogen-bond donors (Lipinski definition) is 1. The molecule has 2 aromatic rings. The van der Waals surface area contributed by atoms with E-state index in [1.807, 2.05) is 56.5 Å². The molecular formula is C31H36N2O2. The Labute approximate surface area is 208 Å². The van der Waals surface area contributed by atoms with E-state index in [1.165, 1.54) is 12.8 Å². The molecule has 0 radical (unpaired) electrons. The van der Waals surface area contributed by atoms with Crippen LogP contribution >= 0.6 is 0 Å². The van der Waals surface area contributed by atoms with Crippen molar-refractivity contribution in [3.63, 3.8) is 0 Å². The Balaban J connectivity index is 1.59. The second-order valence-electron chi connectivity index (χ2n) is 9.79. The fourth-order valence-corrected chi connectivity index (χ4v) is 4.80. The monoisotopic (exact) mass is 468 g/mol. The van der Waals surface area contributed by atoms with Crippen molar-refractivity contribution in [1.82, 2.24) is 10.3 Å². The van der Waals surface area contributed by atoms with Crippen LogP contribution in [0.25, 0.3) is 23.9 Å². The zero-order valence-electron chi connectivity index (χ0n) is 21.1. The molecule has 4 heteroatoms. The molecule has 2 aliphatic rings. The molecule has 0 saturated heterocycles. The largest absolute Gasteiger partial charge is 0.462 e. The summed E-state index contributed by atoms with van der Waals surface area (Å²) in [6.07, 6.45) is 13.3. The molecular weight excluding hydrogens is 432 g/mol. The Bertz CT molecular complexity index is 1280. The lowest BCUT2D eigenvalue weighted by atomic mass is 9.83.